The molecule has 2 spiro atoms. The molecule has 0 radical (unpaired) electrons. The summed E-state index contributed by atoms with van der Waals surface area (Å²) in [7, 11) is 0. The first-order valence-electron chi connectivity index (χ1n) is 22.2. The van der Waals surface area contributed by atoms with Crippen LogP contribution >= 0.6 is 0 Å². The molecule has 4 aliphatic carbocycles. The minimum atomic E-state index is -0.453. The predicted molar refractivity (Wildman–Crippen MR) is 251 cm³/mol. The molecule has 3 heteroatoms. The summed E-state index contributed by atoms with van der Waals surface area (Å²) >= 11 is 0. The molecular weight excluding hydrogens is 735 g/mol. The third-order valence-corrected chi connectivity index (χ3v) is 16.4. The molecule has 3 atom stereocenters. The van der Waals surface area contributed by atoms with Gasteiger partial charge in [0.05, 0.1) is 16.4 Å². The molecule has 4 heterocycles. The SMILES string of the molecule is CC1=CC2(C)C3B(c4cccc5c4N(C4=CC=CCC4C54c5ccccc5-c5ccccc54)C3=C1)c1cccc3c1N2c1ccccc1C31c2ccccc2-c2ccccc21. The van der Waals surface area contributed by atoms with Gasteiger partial charge >= 0.3 is 0 Å². The van der Waals surface area contributed by atoms with Gasteiger partial charge in [0.1, 0.15) is 0 Å². The molecule has 7 aromatic rings. The Kier molecular flexibility index (Phi) is 5.89. The topological polar surface area (TPSA) is 6.48 Å². The smallest absolute Gasteiger partial charge is 0.226 e. The number of rotatable bonds is 0. The summed E-state index contributed by atoms with van der Waals surface area (Å²) in [5.41, 5.74) is 25.3. The molecule has 0 N–H and O–H groups in total. The Hall–Kier alpha value is -6.84. The number of para-hydroxylation sites is 3. The lowest BCUT2D eigenvalue weighted by atomic mass is 9.25. The van der Waals surface area contributed by atoms with Gasteiger partial charge in [-0.1, -0.05) is 175 Å². The van der Waals surface area contributed by atoms with Gasteiger partial charge in [0.2, 0.25) is 6.71 Å². The number of hydrogen-bond acceptors (Lipinski definition) is 2. The van der Waals surface area contributed by atoms with Crippen molar-refractivity contribution in [3.63, 3.8) is 0 Å². The summed E-state index contributed by atoms with van der Waals surface area (Å²) in [4.78, 5) is 5.58. The van der Waals surface area contributed by atoms with E-state index in [0.29, 0.717) is 0 Å². The number of benzene rings is 7. The molecule has 286 valence electrons. The van der Waals surface area contributed by atoms with Crippen LogP contribution in [0.5, 0.6) is 0 Å². The number of nitrogens with zero attached hydrogens (tertiary/aromatic N) is 2. The van der Waals surface area contributed by atoms with Crippen LogP contribution in [0.25, 0.3) is 22.3 Å². The van der Waals surface area contributed by atoms with Crippen molar-refractivity contribution in [2.75, 3.05) is 9.80 Å². The zero-order chi connectivity index (χ0) is 40.0. The van der Waals surface area contributed by atoms with Crippen molar-refractivity contribution in [2.45, 2.75) is 42.5 Å². The lowest BCUT2D eigenvalue weighted by Crippen LogP contribution is -2.70. The number of fused-ring (bicyclic) bond motifs is 22. The predicted octanol–water partition coefficient (Wildman–Crippen LogP) is 11.7. The molecule has 0 bridgehead atoms. The van der Waals surface area contributed by atoms with E-state index in [4.69, 9.17) is 0 Å². The summed E-state index contributed by atoms with van der Waals surface area (Å²) < 4.78 is 0. The van der Waals surface area contributed by atoms with Crippen LogP contribution in [0, 0.1) is 5.92 Å². The van der Waals surface area contributed by atoms with Crippen LogP contribution in [-0.2, 0) is 10.8 Å². The lowest BCUT2D eigenvalue weighted by Gasteiger charge is -2.63. The van der Waals surface area contributed by atoms with Gasteiger partial charge in [-0.3, -0.25) is 0 Å². The molecule has 3 unspecified atom stereocenters. The third kappa shape index (κ3) is 3.47. The molecule has 2 nitrogen and oxygen atoms in total. The van der Waals surface area contributed by atoms with Crippen molar-refractivity contribution in [3.05, 3.63) is 244 Å². The Morgan fingerprint density at radius 1 is 0.541 bits per heavy atom. The molecule has 4 aliphatic heterocycles. The normalized spacial score (nSPS) is 23.3. The van der Waals surface area contributed by atoms with E-state index in [1.807, 2.05) is 0 Å². The Balaban J connectivity index is 1.09. The highest BCUT2D eigenvalue weighted by Crippen LogP contribution is 2.69. The highest BCUT2D eigenvalue weighted by Gasteiger charge is 2.65. The maximum absolute atomic E-state index is 2.80. The van der Waals surface area contributed by atoms with Crippen LogP contribution in [0.4, 0.5) is 17.1 Å². The summed E-state index contributed by atoms with van der Waals surface area (Å²) in [6, 6.07) is 61.2. The maximum atomic E-state index is 2.80. The van der Waals surface area contributed by atoms with E-state index in [1.54, 1.807) is 0 Å². The first-order chi connectivity index (χ1) is 30.1. The molecule has 0 aromatic heterocycles. The van der Waals surface area contributed by atoms with Crippen LogP contribution in [0.2, 0.25) is 5.82 Å². The first kappa shape index (κ1) is 32.9. The fraction of sp³-hybridized carbons (Fsp3) is 0.138. The highest BCUT2D eigenvalue weighted by atomic mass is 15.3. The van der Waals surface area contributed by atoms with E-state index in [0.717, 1.165) is 6.42 Å². The second-order valence-corrected chi connectivity index (χ2v) is 18.9. The van der Waals surface area contributed by atoms with Crippen molar-refractivity contribution >= 4 is 34.7 Å². The summed E-state index contributed by atoms with van der Waals surface area (Å²) in [6.07, 6.45) is 13.4. The Morgan fingerprint density at radius 2 is 1.08 bits per heavy atom. The minimum absolute atomic E-state index is 0.132. The Morgan fingerprint density at radius 3 is 1.75 bits per heavy atom. The molecule has 0 saturated carbocycles. The third-order valence-electron chi connectivity index (χ3n) is 16.4. The molecular formula is C58H41BN2. The first-order valence-corrected chi connectivity index (χ1v) is 22.2. The number of anilines is 3. The standard InChI is InChI=1S/C58H41BN2/c1-35-33-52-55-56(2,34-35)61-51-32-14-12-26-45(51)58(42-23-9-5-19-38(42)39-20-6-10-24-43(39)58)47-28-16-30-49(54(47)61)59(55)48-29-15-27-46-53(48)60(52)50-31-13-11-25-44(50)57(46)40-21-7-3-17-36(40)37-18-4-8-22-41(37)57/h3-24,26-34,44,55H,25H2,1-2H3. The van der Waals surface area contributed by atoms with Crippen molar-refractivity contribution in [1.29, 1.82) is 0 Å². The molecule has 0 fully saturated rings. The van der Waals surface area contributed by atoms with Crippen molar-refractivity contribution < 1.29 is 0 Å². The summed E-state index contributed by atoms with van der Waals surface area (Å²) in [5.74, 6) is 0.400. The molecule has 61 heavy (non-hydrogen) atoms. The van der Waals surface area contributed by atoms with Crippen LogP contribution < -0.4 is 20.7 Å². The van der Waals surface area contributed by atoms with Gasteiger partial charge in [0, 0.05) is 40.2 Å². The zero-order valence-electron chi connectivity index (χ0n) is 34.2. The maximum Gasteiger partial charge on any atom is 0.226 e. The fourth-order valence-electron chi connectivity index (χ4n) is 14.7. The molecule has 7 aromatic carbocycles. The van der Waals surface area contributed by atoms with E-state index in [2.05, 4.69) is 212 Å². The molecule has 0 amide bonds. The average molecular weight is 777 g/mol. The van der Waals surface area contributed by atoms with Gasteiger partial charge in [-0.2, -0.15) is 0 Å². The van der Waals surface area contributed by atoms with E-state index in [1.165, 1.54) is 106 Å². The van der Waals surface area contributed by atoms with Gasteiger partial charge in [0.15, 0.2) is 0 Å². The largest absolute Gasteiger partial charge is 0.332 e. The highest BCUT2D eigenvalue weighted by molar-refractivity contribution is 6.90. The van der Waals surface area contributed by atoms with E-state index < -0.39 is 5.41 Å². The quantitative estimate of drug-likeness (QED) is 0.142. The lowest BCUT2D eigenvalue weighted by molar-refractivity contribution is 0.407. The van der Waals surface area contributed by atoms with Gasteiger partial charge in [-0.25, -0.2) is 0 Å². The minimum Gasteiger partial charge on any atom is -0.332 e. The molecule has 0 saturated heterocycles. The van der Waals surface area contributed by atoms with Crippen molar-refractivity contribution in [3.8, 4) is 22.3 Å². The van der Waals surface area contributed by atoms with E-state index in [-0.39, 0.29) is 29.4 Å². The second kappa shape index (κ2) is 10.9. The van der Waals surface area contributed by atoms with E-state index >= 15 is 0 Å². The van der Waals surface area contributed by atoms with Gasteiger partial charge in [-0.15, -0.1) is 0 Å². The number of hydrogen-bond donors (Lipinski definition) is 0. The average Bonchev–Trinajstić information content (AvgIpc) is 3.76. The summed E-state index contributed by atoms with van der Waals surface area (Å²) in [6.45, 7) is 5.03. The Bertz CT molecular complexity index is 3230. The van der Waals surface area contributed by atoms with Crippen LogP contribution in [0.15, 0.2) is 205 Å². The van der Waals surface area contributed by atoms with Crippen LogP contribution in [0.3, 0.4) is 0 Å². The second-order valence-electron chi connectivity index (χ2n) is 18.9. The van der Waals surface area contributed by atoms with Crippen molar-refractivity contribution in [2.24, 2.45) is 5.92 Å². The molecule has 8 aliphatic rings. The fourth-order valence-corrected chi connectivity index (χ4v) is 14.7. The van der Waals surface area contributed by atoms with E-state index in [9.17, 15) is 0 Å². The number of allylic oxidation sites excluding steroid dienone is 6. The van der Waals surface area contributed by atoms with Gasteiger partial charge in [-0.05, 0) is 111 Å². The van der Waals surface area contributed by atoms with Crippen LogP contribution in [-0.4, -0.2) is 12.3 Å². The Labute approximate surface area is 357 Å². The van der Waals surface area contributed by atoms with Crippen molar-refractivity contribution in [1.82, 2.24) is 0 Å². The molecule has 15 rings (SSSR count). The van der Waals surface area contributed by atoms with Gasteiger partial charge < -0.3 is 9.80 Å². The van der Waals surface area contributed by atoms with Crippen LogP contribution in [0.1, 0.15) is 59.2 Å². The van der Waals surface area contributed by atoms with Gasteiger partial charge in [0.25, 0.3) is 0 Å². The summed E-state index contributed by atoms with van der Waals surface area (Å²) in [5, 5.41) is 0. The monoisotopic (exact) mass is 776 g/mol. The zero-order valence-corrected chi connectivity index (χ0v) is 34.2.